The molecule has 0 unspecified atom stereocenters. The second kappa shape index (κ2) is 6.99. The highest BCUT2D eigenvalue weighted by Gasteiger charge is 2.11. The fourth-order valence-corrected chi connectivity index (χ4v) is 3.50. The number of thiazole rings is 1. The van der Waals surface area contributed by atoms with Crippen LogP contribution in [0.4, 0.5) is 16.6 Å². The summed E-state index contributed by atoms with van der Waals surface area (Å²) >= 11 is 2.38. The Labute approximate surface area is 149 Å². The Morgan fingerprint density at radius 2 is 2.20 bits per heavy atom. The lowest BCUT2D eigenvalue weighted by molar-refractivity contribution is -0.113. The number of aromatic amines is 1. The summed E-state index contributed by atoms with van der Waals surface area (Å²) in [5.41, 5.74) is 11.1. The maximum absolute atomic E-state index is 12.1. The summed E-state index contributed by atoms with van der Waals surface area (Å²) in [4.78, 5) is 34.3. The number of aromatic nitrogens is 3. The van der Waals surface area contributed by atoms with Gasteiger partial charge in [0.1, 0.15) is 11.4 Å². The van der Waals surface area contributed by atoms with Gasteiger partial charge in [0.2, 0.25) is 5.91 Å². The van der Waals surface area contributed by atoms with Crippen LogP contribution in [0.1, 0.15) is 0 Å². The zero-order valence-corrected chi connectivity index (χ0v) is 14.7. The molecule has 1 aromatic carbocycles. The number of fused-ring (bicyclic) bond motifs is 1. The van der Waals surface area contributed by atoms with Crippen molar-refractivity contribution in [3.8, 4) is 5.75 Å². The number of rotatable bonds is 5. The van der Waals surface area contributed by atoms with Gasteiger partial charge in [-0.05, 0) is 18.2 Å². The lowest BCUT2D eigenvalue weighted by Crippen LogP contribution is -2.18. The number of benzene rings is 1. The molecule has 0 saturated carbocycles. The fraction of sp³-hybridized carbons (Fsp3) is 0.143. The third-order valence-electron chi connectivity index (χ3n) is 3.14. The molecule has 0 radical (unpaired) electrons. The lowest BCUT2D eigenvalue weighted by atomic mass is 10.3. The van der Waals surface area contributed by atoms with E-state index < -0.39 is 5.56 Å². The molecule has 25 heavy (non-hydrogen) atoms. The molecular formula is C14H14N6O3S2. The predicted octanol–water partition coefficient (Wildman–Crippen LogP) is 1.28. The number of amides is 1. The normalized spacial score (nSPS) is 10.8. The molecule has 3 rings (SSSR count). The average Bonchev–Trinajstić information content (AvgIpc) is 2.98. The molecule has 1 amide bonds. The van der Waals surface area contributed by atoms with Gasteiger partial charge < -0.3 is 21.5 Å². The number of H-pyrrole nitrogens is 1. The first-order valence-corrected chi connectivity index (χ1v) is 8.79. The van der Waals surface area contributed by atoms with Crippen molar-refractivity contribution in [2.45, 2.75) is 5.16 Å². The molecule has 0 spiro atoms. The number of nitrogens with zero attached hydrogens (tertiary/aromatic N) is 2. The van der Waals surface area contributed by atoms with Gasteiger partial charge in [0.15, 0.2) is 16.1 Å². The minimum atomic E-state index is -0.532. The van der Waals surface area contributed by atoms with Crippen LogP contribution >= 0.6 is 23.1 Å². The number of nitrogen functional groups attached to an aromatic ring is 2. The molecule has 0 aliphatic carbocycles. The number of carbonyl (C=O) groups is 1. The highest BCUT2D eigenvalue weighted by atomic mass is 32.2. The summed E-state index contributed by atoms with van der Waals surface area (Å²) in [6.45, 7) is 0. The number of carbonyl (C=O) groups excluding carboxylic acids is 1. The summed E-state index contributed by atoms with van der Waals surface area (Å²) < 4.78 is 6.06. The molecule has 9 nitrogen and oxygen atoms in total. The van der Waals surface area contributed by atoms with Crippen LogP contribution in [0.2, 0.25) is 0 Å². The SMILES string of the molecule is COc1ccc2nc(NC(=O)CSc3nc(N)c(N)c(=O)[nH]3)sc2c1. The van der Waals surface area contributed by atoms with Gasteiger partial charge >= 0.3 is 0 Å². The van der Waals surface area contributed by atoms with Gasteiger partial charge in [-0.2, -0.15) is 0 Å². The zero-order chi connectivity index (χ0) is 18.0. The molecule has 0 atom stereocenters. The van der Waals surface area contributed by atoms with Crippen molar-refractivity contribution in [2.24, 2.45) is 0 Å². The largest absolute Gasteiger partial charge is 0.497 e. The van der Waals surface area contributed by atoms with E-state index in [1.54, 1.807) is 13.2 Å². The first-order valence-electron chi connectivity index (χ1n) is 6.99. The van der Waals surface area contributed by atoms with Crippen LogP contribution in [0.5, 0.6) is 5.75 Å². The van der Waals surface area contributed by atoms with Crippen LogP contribution in [0.25, 0.3) is 10.2 Å². The Balaban J connectivity index is 1.65. The number of hydrogen-bond acceptors (Lipinski definition) is 9. The quantitative estimate of drug-likeness (QED) is 0.383. The van der Waals surface area contributed by atoms with E-state index in [9.17, 15) is 9.59 Å². The number of anilines is 3. The van der Waals surface area contributed by atoms with E-state index in [2.05, 4.69) is 20.3 Å². The summed E-state index contributed by atoms with van der Waals surface area (Å²) in [5.74, 6) is 0.410. The van der Waals surface area contributed by atoms with Crippen LogP contribution in [0.3, 0.4) is 0 Å². The van der Waals surface area contributed by atoms with Gasteiger partial charge in [0, 0.05) is 0 Å². The van der Waals surface area contributed by atoms with Crippen LogP contribution in [-0.4, -0.2) is 33.7 Å². The van der Waals surface area contributed by atoms with Gasteiger partial charge in [-0.1, -0.05) is 23.1 Å². The molecular weight excluding hydrogens is 364 g/mol. The Morgan fingerprint density at radius 3 is 2.92 bits per heavy atom. The van der Waals surface area contributed by atoms with Crippen LogP contribution in [-0.2, 0) is 4.79 Å². The van der Waals surface area contributed by atoms with Crippen LogP contribution < -0.4 is 27.1 Å². The predicted molar refractivity (Wildman–Crippen MR) is 99.2 cm³/mol. The van der Waals surface area contributed by atoms with E-state index >= 15 is 0 Å². The molecule has 0 saturated heterocycles. The lowest BCUT2D eigenvalue weighted by Gasteiger charge is -2.03. The minimum Gasteiger partial charge on any atom is -0.497 e. The molecule has 130 valence electrons. The Hall–Kier alpha value is -2.79. The van der Waals surface area contributed by atoms with Gasteiger partial charge in [-0.25, -0.2) is 9.97 Å². The topological polar surface area (TPSA) is 149 Å². The molecule has 0 aliphatic heterocycles. The van der Waals surface area contributed by atoms with E-state index in [0.717, 1.165) is 27.7 Å². The monoisotopic (exact) mass is 378 g/mol. The van der Waals surface area contributed by atoms with Crippen molar-refractivity contribution in [1.29, 1.82) is 0 Å². The number of thioether (sulfide) groups is 1. The first kappa shape index (κ1) is 17.0. The third kappa shape index (κ3) is 3.83. The van der Waals surface area contributed by atoms with Crippen molar-refractivity contribution >= 4 is 55.9 Å². The molecule has 2 heterocycles. The Kier molecular flexibility index (Phi) is 4.76. The van der Waals surface area contributed by atoms with Gasteiger partial charge in [-0.3, -0.25) is 14.6 Å². The molecule has 2 aromatic heterocycles. The zero-order valence-electron chi connectivity index (χ0n) is 13.0. The number of hydrogen-bond donors (Lipinski definition) is 4. The van der Waals surface area contributed by atoms with E-state index in [1.165, 1.54) is 11.3 Å². The highest BCUT2D eigenvalue weighted by Crippen LogP contribution is 2.29. The van der Waals surface area contributed by atoms with Crippen LogP contribution in [0.15, 0.2) is 28.2 Å². The van der Waals surface area contributed by atoms with Crippen molar-refractivity contribution in [1.82, 2.24) is 15.0 Å². The number of methoxy groups -OCH3 is 1. The van der Waals surface area contributed by atoms with Gasteiger partial charge in [0.05, 0.1) is 23.1 Å². The van der Waals surface area contributed by atoms with E-state index in [0.29, 0.717) is 5.13 Å². The van der Waals surface area contributed by atoms with Crippen molar-refractivity contribution in [3.63, 3.8) is 0 Å². The second-order valence-corrected chi connectivity index (χ2v) is 6.85. The minimum absolute atomic E-state index is 0.0333. The summed E-state index contributed by atoms with van der Waals surface area (Å²) in [7, 11) is 1.59. The summed E-state index contributed by atoms with van der Waals surface area (Å²) in [6, 6.07) is 5.47. The Bertz CT molecular complexity index is 1000. The molecule has 0 aliphatic rings. The second-order valence-electron chi connectivity index (χ2n) is 4.86. The van der Waals surface area contributed by atoms with Gasteiger partial charge in [-0.15, -0.1) is 0 Å². The van der Waals surface area contributed by atoms with E-state index in [-0.39, 0.29) is 28.3 Å². The Morgan fingerprint density at radius 1 is 1.40 bits per heavy atom. The first-order chi connectivity index (χ1) is 12.0. The standard InChI is InChI=1S/C14H14N6O3S2/c1-23-6-2-3-7-8(4-6)25-14(17-7)18-9(21)5-24-13-19-11(16)10(15)12(22)20-13/h2-4H,5,15H2,1H3,(H,17,18,21)(H3,16,19,20,22). The number of nitrogens with two attached hydrogens (primary N) is 2. The number of ether oxygens (including phenoxy) is 1. The molecule has 0 bridgehead atoms. The highest BCUT2D eigenvalue weighted by molar-refractivity contribution is 7.99. The molecule has 3 aromatic rings. The fourth-order valence-electron chi connectivity index (χ4n) is 1.92. The van der Waals surface area contributed by atoms with Gasteiger partial charge in [0.25, 0.3) is 5.56 Å². The smallest absolute Gasteiger partial charge is 0.276 e. The maximum atomic E-state index is 12.1. The molecule has 11 heteroatoms. The summed E-state index contributed by atoms with van der Waals surface area (Å²) in [5, 5.41) is 3.41. The third-order valence-corrected chi connectivity index (χ3v) is 4.95. The molecule has 6 N–H and O–H groups in total. The van der Waals surface area contributed by atoms with E-state index in [1.807, 2.05) is 12.1 Å². The number of nitrogens with one attached hydrogen (secondary N) is 2. The maximum Gasteiger partial charge on any atom is 0.276 e. The molecule has 0 fully saturated rings. The summed E-state index contributed by atoms with van der Waals surface area (Å²) in [6.07, 6.45) is 0. The average molecular weight is 378 g/mol. The van der Waals surface area contributed by atoms with Crippen molar-refractivity contribution in [2.75, 3.05) is 29.6 Å². The van der Waals surface area contributed by atoms with E-state index in [4.69, 9.17) is 16.2 Å². The van der Waals surface area contributed by atoms with Crippen molar-refractivity contribution < 1.29 is 9.53 Å². The van der Waals surface area contributed by atoms with Crippen molar-refractivity contribution in [3.05, 3.63) is 28.6 Å². The van der Waals surface area contributed by atoms with Crippen LogP contribution in [0, 0.1) is 0 Å².